The molecule has 106 valence electrons. The van der Waals surface area contributed by atoms with Crippen molar-refractivity contribution < 1.29 is 9.47 Å². The molecule has 2 aliphatic heterocycles. The smallest absolute Gasteiger partial charge is 0.0741 e. The zero-order valence-electron chi connectivity index (χ0n) is 11.0. The topological polar surface area (TPSA) is 30.5 Å². The van der Waals surface area contributed by atoms with E-state index < -0.39 is 0 Å². The van der Waals surface area contributed by atoms with Crippen LogP contribution in [-0.2, 0) is 16.0 Å². The van der Waals surface area contributed by atoms with E-state index in [9.17, 15) is 0 Å². The number of nitrogens with one attached hydrogen (secondary N) is 1. The molecule has 1 N–H and O–H groups in total. The van der Waals surface area contributed by atoms with Crippen molar-refractivity contribution in [3.8, 4) is 0 Å². The minimum absolute atomic E-state index is 0.0875. The minimum Gasteiger partial charge on any atom is -0.381 e. The van der Waals surface area contributed by atoms with Crippen molar-refractivity contribution >= 4 is 27.3 Å². The molecule has 2 saturated heterocycles. The molecule has 0 radical (unpaired) electrons. The third kappa shape index (κ3) is 3.58. The molecule has 2 aliphatic rings. The fourth-order valence-corrected chi connectivity index (χ4v) is 4.42. The molecule has 3 rings (SSSR count). The van der Waals surface area contributed by atoms with Gasteiger partial charge >= 0.3 is 0 Å². The van der Waals surface area contributed by atoms with Crippen LogP contribution in [0.4, 0.5) is 0 Å². The Kier molecular flexibility index (Phi) is 4.59. The van der Waals surface area contributed by atoms with Gasteiger partial charge in [-0.05, 0) is 53.7 Å². The molecule has 19 heavy (non-hydrogen) atoms. The molecule has 1 aromatic rings. The maximum Gasteiger partial charge on any atom is 0.0741 e. The van der Waals surface area contributed by atoms with Crippen LogP contribution in [0.3, 0.4) is 0 Å². The summed E-state index contributed by atoms with van der Waals surface area (Å²) in [6.45, 7) is 3.55. The Morgan fingerprint density at radius 2 is 2.16 bits per heavy atom. The number of hydrogen-bond donors (Lipinski definition) is 1. The summed E-state index contributed by atoms with van der Waals surface area (Å²) in [6.07, 6.45) is 4.35. The Bertz CT molecular complexity index is 412. The highest BCUT2D eigenvalue weighted by molar-refractivity contribution is 9.11. The summed E-state index contributed by atoms with van der Waals surface area (Å²) in [5.74, 6) is 0. The maximum atomic E-state index is 6.07. The first-order valence-electron chi connectivity index (χ1n) is 6.95. The highest BCUT2D eigenvalue weighted by Gasteiger charge is 2.38. The van der Waals surface area contributed by atoms with Crippen LogP contribution in [0.1, 0.15) is 30.6 Å². The Morgan fingerprint density at radius 1 is 1.32 bits per heavy atom. The number of hydrogen-bond acceptors (Lipinski definition) is 4. The normalized spacial score (nSPS) is 26.7. The van der Waals surface area contributed by atoms with E-state index in [2.05, 4.69) is 33.4 Å². The molecule has 0 amide bonds. The molecular weight excluding hydrogens is 326 g/mol. The Labute approximate surface area is 126 Å². The van der Waals surface area contributed by atoms with Gasteiger partial charge in [0.1, 0.15) is 0 Å². The molecule has 5 heteroatoms. The lowest BCUT2D eigenvalue weighted by molar-refractivity contribution is -0.140. The van der Waals surface area contributed by atoms with E-state index in [0.717, 1.165) is 52.0 Å². The first-order chi connectivity index (χ1) is 9.26. The summed E-state index contributed by atoms with van der Waals surface area (Å²) in [5.41, 5.74) is 0.0875. The molecule has 1 unspecified atom stereocenters. The number of ether oxygens (including phenoxy) is 2. The van der Waals surface area contributed by atoms with Gasteiger partial charge < -0.3 is 14.8 Å². The van der Waals surface area contributed by atoms with E-state index in [1.54, 1.807) is 11.3 Å². The largest absolute Gasteiger partial charge is 0.381 e. The van der Waals surface area contributed by atoms with Crippen molar-refractivity contribution in [2.75, 3.05) is 19.8 Å². The second-order valence-electron chi connectivity index (χ2n) is 5.42. The van der Waals surface area contributed by atoms with Gasteiger partial charge in [0, 0.05) is 37.3 Å². The van der Waals surface area contributed by atoms with E-state index in [1.165, 1.54) is 8.66 Å². The molecule has 0 saturated carbocycles. The van der Waals surface area contributed by atoms with Crippen LogP contribution >= 0.6 is 27.3 Å². The quantitative estimate of drug-likeness (QED) is 0.911. The van der Waals surface area contributed by atoms with Gasteiger partial charge in [-0.3, -0.25) is 0 Å². The second kappa shape index (κ2) is 6.22. The summed E-state index contributed by atoms with van der Waals surface area (Å²) < 4.78 is 12.7. The van der Waals surface area contributed by atoms with Gasteiger partial charge in [-0.1, -0.05) is 0 Å². The SMILES string of the molecule is Brc1ccc(CNC2CCOC3(CCOCC3)C2)s1. The molecule has 0 aliphatic carbocycles. The second-order valence-corrected chi connectivity index (χ2v) is 7.97. The van der Waals surface area contributed by atoms with Crippen LogP contribution in [-0.4, -0.2) is 31.5 Å². The lowest BCUT2D eigenvalue weighted by Gasteiger charge is -2.43. The van der Waals surface area contributed by atoms with Gasteiger partial charge in [-0.2, -0.15) is 0 Å². The van der Waals surface area contributed by atoms with Gasteiger partial charge in [0.25, 0.3) is 0 Å². The fraction of sp³-hybridized carbons (Fsp3) is 0.714. The first kappa shape index (κ1) is 14.0. The van der Waals surface area contributed by atoms with Crippen LogP contribution in [0.5, 0.6) is 0 Å². The lowest BCUT2D eigenvalue weighted by Crippen LogP contribution is -2.49. The van der Waals surface area contributed by atoms with Gasteiger partial charge in [0.2, 0.25) is 0 Å². The molecule has 1 atom stereocenters. The Morgan fingerprint density at radius 3 is 2.89 bits per heavy atom. The van der Waals surface area contributed by atoms with Crippen LogP contribution in [0, 0.1) is 0 Å². The summed E-state index contributed by atoms with van der Waals surface area (Å²) in [5, 5.41) is 3.69. The Balaban J connectivity index is 1.53. The average molecular weight is 346 g/mol. The minimum atomic E-state index is 0.0875. The number of halogens is 1. The van der Waals surface area contributed by atoms with E-state index in [-0.39, 0.29) is 5.60 Å². The van der Waals surface area contributed by atoms with Gasteiger partial charge in [0.05, 0.1) is 9.39 Å². The van der Waals surface area contributed by atoms with Crippen LogP contribution in [0.25, 0.3) is 0 Å². The summed E-state index contributed by atoms with van der Waals surface area (Å²) in [7, 11) is 0. The van der Waals surface area contributed by atoms with Gasteiger partial charge in [0.15, 0.2) is 0 Å². The molecule has 3 heterocycles. The molecule has 1 spiro atoms. The molecule has 3 nitrogen and oxygen atoms in total. The molecule has 1 aromatic heterocycles. The predicted octanol–water partition coefficient (Wildman–Crippen LogP) is 3.33. The molecule has 2 fully saturated rings. The Hall–Kier alpha value is 0.0600. The average Bonchev–Trinajstić information content (AvgIpc) is 2.83. The first-order valence-corrected chi connectivity index (χ1v) is 8.56. The maximum absolute atomic E-state index is 6.07. The number of thiophene rings is 1. The number of rotatable bonds is 3. The van der Waals surface area contributed by atoms with Crippen molar-refractivity contribution in [3.63, 3.8) is 0 Å². The van der Waals surface area contributed by atoms with Gasteiger partial charge in [-0.15, -0.1) is 11.3 Å². The monoisotopic (exact) mass is 345 g/mol. The standard InChI is InChI=1S/C14H20BrNO2S/c15-13-2-1-12(19-13)10-16-11-3-6-18-14(9-11)4-7-17-8-5-14/h1-2,11,16H,3-10H2. The summed E-state index contributed by atoms with van der Waals surface area (Å²) >= 11 is 5.32. The van der Waals surface area contributed by atoms with Crippen molar-refractivity contribution in [2.24, 2.45) is 0 Å². The van der Waals surface area contributed by atoms with Crippen molar-refractivity contribution in [1.29, 1.82) is 0 Å². The lowest BCUT2D eigenvalue weighted by atomic mass is 9.84. The van der Waals surface area contributed by atoms with Crippen molar-refractivity contribution in [1.82, 2.24) is 5.32 Å². The van der Waals surface area contributed by atoms with E-state index >= 15 is 0 Å². The van der Waals surface area contributed by atoms with E-state index in [4.69, 9.17) is 9.47 Å². The van der Waals surface area contributed by atoms with Crippen LogP contribution < -0.4 is 5.32 Å². The van der Waals surface area contributed by atoms with Crippen molar-refractivity contribution in [3.05, 3.63) is 20.8 Å². The van der Waals surface area contributed by atoms with Crippen LogP contribution in [0.15, 0.2) is 15.9 Å². The zero-order chi connectivity index (χ0) is 13.1. The third-order valence-electron chi connectivity index (χ3n) is 4.09. The fourth-order valence-electron chi connectivity index (χ4n) is 2.99. The highest BCUT2D eigenvalue weighted by atomic mass is 79.9. The summed E-state index contributed by atoms with van der Waals surface area (Å²) in [6, 6.07) is 4.88. The third-order valence-corrected chi connectivity index (χ3v) is 5.71. The molecular formula is C14H20BrNO2S. The molecule has 0 aromatic carbocycles. The van der Waals surface area contributed by atoms with Gasteiger partial charge in [-0.25, -0.2) is 0 Å². The van der Waals surface area contributed by atoms with E-state index in [0.29, 0.717) is 6.04 Å². The summed E-state index contributed by atoms with van der Waals surface area (Å²) in [4.78, 5) is 1.39. The predicted molar refractivity (Wildman–Crippen MR) is 80.6 cm³/mol. The van der Waals surface area contributed by atoms with Crippen LogP contribution in [0.2, 0.25) is 0 Å². The van der Waals surface area contributed by atoms with E-state index in [1.807, 2.05) is 0 Å². The van der Waals surface area contributed by atoms with Crippen molar-refractivity contribution in [2.45, 2.75) is 43.9 Å². The molecule has 0 bridgehead atoms. The zero-order valence-corrected chi connectivity index (χ0v) is 13.4. The highest BCUT2D eigenvalue weighted by Crippen LogP contribution is 2.34.